The molecule has 31 nitrogen and oxygen atoms in total. The Balaban J connectivity index is 1.18. The molecule has 7 aromatic rings. The number of phenols is 2. The summed E-state index contributed by atoms with van der Waals surface area (Å²) in [4.78, 5) is 216. The van der Waals surface area contributed by atoms with Gasteiger partial charge in [-0.05, 0) is 107 Å². The van der Waals surface area contributed by atoms with Crippen LogP contribution in [0.15, 0.2) is 158 Å². The minimum atomic E-state index is -1.89. The van der Waals surface area contributed by atoms with Crippen LogP contribution < -0.4 is 42.5 Å². The van der Waals surface area contributed by atoms with Crippen molar-refractivity contribution < 1.29 is 82.4 Å². The first kappa shape index (κ1) is 98.4. The number of nitrogens with zero attached hydrogens (tertiary/aromatic N) is 5. The van der Waals surface area contributed by atoms with E-state index in [1.54, 1.807) is 124 Å². The largest absolute Gasteiger partial charge is 0.508 e. The van der Waals surface area contributed by atoms with Crippen molar-refractivity contribution in [1.29, 1.82) is 0 Å². The van der Waals surface area contributed by atoms with Crippen molar-refractivity contribution >= 4 is 129 Å². The number of aromatic amines is 1. The van der Waals surface area contributed by atoms with Gasteiger partial charge < -0.3 is 87.3 Å². The van der Waals surface area contributed by atoms with Crippen molar-refractivity contribution in [3.05, 3.63) is 201 Å². The number of aromatic nitrogens is 1. The maximum atomic E-state index is 15.5. The Morgan fingerprint density at radius 1 is 0.456 bits per heavy atom. The van der Waals surface area contributed by atoms with E-state index in [0.717, 1.165) is 26.5 Å². The number of fused-ring (bicyclic) bond motifs is 1. The molecular weight excluding hydrogens is 1660 g/mol. The molecule has 670 valence electrons. The van der Waals surface area contributed by atoms with Crippen LogP contribution in [0, 0.1) is 11.8 Å². The summed E-state index contributed by atoms with van der Waals surface area (Å²) in [5, 5.41) is 54.1. The monoisotopic (exact) mass is 1780 g/mol. The second-order valence-corrected chi connectivity index (χ2v) is 34.3. The molecule has 1 aromatic heterocycles. The van der Waals surface area contributed by atoms with Crippen molar-refractivity contribution in [2.75, 3.05) is 59.8 Å². The Labute approximate surface area is 742 Å². The molecule has 1 fully saturated rings. The predicted molar refractivity (Wildman–Crippen MR) is 476 cm³/mol. The molecule has 12 N–H and O–H groups in total. The van der Waals surface area contributed by atoms with Crippen LogP contribution in [0.1, 0.15) is 107 Å². The van der Waals surface area contributed by atoms with E-state index < -0.39 is 175 Å². The third kappa shape index (κ3) is 29.3. The van der Waals surface area contributed by atoms with Crippen molar-refractivity contribution in [3.63, 3.8) is 0 Å². The first-order valence-corrected chi connectivity index (χ1v) is 43.4. The molecule has 1 aliphatic heterocycles. The number of unbranched alkanes of at least 4 members (excludes halogenated alkanes) is 1. The quantitative estimate of drug-likeness (QED) is 0.0413. The van der Waals surface area contributed by atoms with E-state index in [9.17, 15) is 48.9 Å². The Morgan fingerprint density at radius 2 is 0.920 bits per heavy atom. The minimum Gasteiger partial charge on any atom is -0.508 e. The van der Waals surface area contributed by atoms with Crippen LogP contribution in [-0.2, 0) is 106 Å². The summed E-state index contributed by atoms with van der Waals surface area (Å²) in [6.07, 6.45) is 0.591. The van der Waals surface area contributed by atoms with Gasteiger partial charge in [-0.15, -0.1) is 11.8 Å². The standard InChI is InChI=1S/C91H114Cl2N14O17S/c1-12-13-28-74-89(122)104(8)50-78(111)97-71(47-80(113)114)85(118)102-81(54(4)5)91(124)106(10)75(44-56-22-16-14-17-23-56)86(119)101-72(42-59-31-36-63(109)37-32-59)87(120)103(7)49-77(110)96-70(46-61-48-94-67-27-21-20-26-64(61)67)84(117)100-69(41-58-29-34-62(108)35-30-58)83(116)99-68(39-53(2)3)82(115)95-55(6)51-125-52-79(112)98-73(43-60-33-38-65(92)66(93)40-60)88(121)107(11)76(90(123)105(74)9)45-57-24-18-15-19-25-57/h14-27,29-38,40,48,53-55,68-76,81,94,108-109H,12-13,28,39,41-47,49-52H2,1-11H3,(H,95,115)(H,96,110)(H,97,111)(H,98,112)(H,99,116)(H,100,117)(H,101,119)(H,102,118)(H,113,114)/t55-,68+,69+,70+,71+,72+,73+,74+,75+,76+,81+/m1/s1. The van der Waals surface area contributed by atoms with Gasteiger partial charge in [0.25, 0.3) is 0 Å². The second kappa shape index (κ2) is 47.2. The lowest BCUT2D eigenvalue weighted by atomic mass is 9.98. The van der Waals surface area contributed by atoms with Crippen LogP contribution in [0.4, 0.5) is 0 Å². The molecule has 2 heterocycles. The van der Waals surface area contributed by atoms with E-state index in [-0.39, 0.29) is 90.3 Å². The second-order valence-electron chi connectivity index (χ2n) is 32.5. The number of amides is 13. The minimum absolute atomic E-state index is 0.0520. The zero-order valence-electron chi connectivity index (χ0n) is 72.1. The van der Waals surface area contributed by atoms with Crippen LogP contribution in [0.3, 0.4) is 0 Å². The number of para-hydroxylation sites is 1. The first-order chi connectivity index (χ1) is 59.4. The van der Waals surface area contributed by atoms with Crippen LogP contribution in [0.5, 0.6) is 11.5 Å². The molecule has 0 radical (unpaired) electrons. The molecule has 11 atom stereocenters. The molecule has 34 heteroatoms. The molecule has 0 spiro atoms. The van der Waals surface area contributed by atoms with Gasteiger partial charge in [-0.3, -0.25) is 67.1 Å². The number of likely N-dealkylation sites (N-methyl/N-ethyl adjacent to an activating group) is 5. The number of aliphatic carboxylic acids is 1. The first-order valence-electron chi connectivity index (χ1n) is 41.5. The highest BCUT2D eigenvalue weighted by Crippen LogP contribution is 2.27. The molecule has 125 heavy (non-hydrogen) atoms. The van der Waals surface area contributed by atoms with Gasteiger partial charge in [-0.25, -0.2) is 0 Å². The normalized spacial score (nSPS) is 22.3. The number of hydrogen-bond donors (Lipinski definition) is 12. The number of carboxylic acid groups (broad SMARTS) is 1. The van der Waals surface area contributed by atoms with Gasteiger partial charge in [-0.1, -0.05) is 180 Å². The van der Waals surface area contributed by atoms with Crippen molar-refractivity contribution in [3.8, 4) is 11.5 Å². The fourth-order valence-electron chi connectivity index (χ4n) is 14.7. The molecule has 6 aromatic carbocycles. The van der Waals surface area contributed by atoms with Crippen molar-refractivity contribution in [1.82, 2.24) is 72.0 Å². The summed E-state index contributed by atoms with van der Waals surface area (Å²) in [6, 6.07) is 25.4. The third-order valence-electron chi connectivity index (χ3n) is 21.6. The molecule has 1 saturated heterocycles. The van der Waals surface area contributed by atoms with E-state index >= 15 is 33.6 Å². The van der Waals surface area contributed by atoms with E-state index in [1.807, 2.05) is 26.8 Å². The van der Waals surface area contributed by atoms with Gasteiger partial charge in [0.1, 0.15) is 71.9 Å². The summed E-state index contributed by atoms with van der Waals surface area (Å²) in [5.41, 5.74) is 3.76. The smallest absolute Gasteiger partial charge is 0.305 e. The number of aromatic hydroxyl groups is 2. The van der Waals surface area contributed by atoms with E-state index in [2.05, 4.69) is 47.5 Å². The topological polar surface area (TPSA) is 428 Å². The van der Waals surface area contributed by atoms with E-state index in [0.29, 0.717) is 57.1 Å². The SMILES string of the molecule is CCCC[C@H]1C(=O)N(C)CC(=O)N[C@@H](CC(=O)O)C(=O)N[C@@H](C(C)C)C(=O)N(C)[C@@H](Cc2ccccc2)C(=O)N[C@@H](Cc2ccc(O)cc2)C(=O)N(C)CC(=O)N[C@@H](Cc2c[nH]c3ccccc23)C(=O)N[C@@H](Cc2ccc(O)cc2)C(=O)N[C@@H](CC(C)C)C(=O)N[C@H](C)CSCC(=O)N[C@@H](Cc2ccc(Cl)c(Cl)c2)C(=O)N(C)[C@@H](Cc2ccccc2)C(=O)N1C. The lowest BCUT2D eigenvalue weighted by molar-refractivity contribution is -0.151. The maximum absolute atomic E-state index is 15.5. The summed E-state index contributed by atoms with van der Waals surface area (Å²) in [7, 11) is 6.64. The van der Waals surface area contributed by atoms with Crippen molar-refractivity contribution in [2.45, 2.75) is 179 Å². The number of benzene rings is 6. The Bertz CT molecular complexity index is 4930. The zero-order valence-corrected chi connectivity index (χ0v) is 74.4. The number of carbonyl (C=O) groups is 14. The molecule has 0 unspecified atom stereocenters. The molecule has 8 rings (SSSR count). The Kier molecular flexibility index (Phi) is 37.1. The molecule has 13 amide bonds. The summed E-state index contributed by atoms with van der Waals surface area (Å²) in [6.45, 7) is 8.83. The number of thioether (sulfide) groups is 1. The third-order valence-corrected chi connectivity index (χ3v) is 23.5. The molecule has 1 aliphatic rings. The fraction of sp³-hybridized carbons (Fsp3) is 0.429. The highest BCUT2D eigenvalue weighted by atomic mass is 35.5. The fourth-order valence-corrected chi connectivity index (χ4v) is 15.8. The van der Waals surface area contributed by atoms with Crippen LogP contribution in [-0.4, -0.2) is 254 Å². The number of hydrogen-bond acceptors (Lipinski definition) is 17. The van der Waals surface area contributed by atoms with Gasteiger partial charge in [-0.2, -0.15) is 0 Å². The number of carbonyl (C=O) groups excluding carboxylic acids is 13. The Morgan fingerprint density at radius 3 is 1.49 bits per heavy atom. The van der Waals surface area contributed by atoms with Crippen LogP contribution in [0.25, 0.3) is 10.9 Å². The molecular formula is C91H114Cl2N14O17S. The average molecular weight is 1780 g/mol. The van der Waals surface area contributed by atoms with E-state index in [4.69, 9.17) is 23.2 Å². The highest BCUT2D eigenvalue weighted by Gasteiger charge is 2.42. The number of nitrogens with one attached hydrogen (secondary N) is 9. The molecule has 0 bridgehead atoms. The highest BCUT2D eigenvalue weighted by molar-refractivity contribution is 8.00. The number of H-pyrrole nitrogens is 1. The molecule has 0 saturated carbocycles. The summed E-state index contributed by atoms with van der Waals surface area (Å²) in [5.74, 6) is -13.7. The molecule has 0 aliphatic carbocycles. The van der Waals surface area contributed by atoms with E-state index in [1.165, 1.54) is 93.6 Å². The van der Waals surface area contributed by atoms with Gasteiger partial charge in [0.2, 0.25) is 76.8 Å². The van der Waals surface area contributed by atoms with Crippen LogP contribution in [0.2, 0.25) is 10.0 Å². The van der Waals surface area contributed by atoms with Crippen molar-refractivity contribution in [2.24, 2.45) is 11.8 Å². The number of carboxylic acids is 1. The lowest BCUT2D eigenvalue weighted by Crippen LogP contribution is -2.61. The summed E-state index contributed by atoms with van der Waals surface area (Å²) >= 11 is 14.0. The van der Waals surface area contributed by atoms with Gasteiger partial charge in [0.15, 0.2) is 0 Å². The zero-order chi connectivity index (χ0) is 91.5. The van der Waals surface area contributed by atoms with Gasteiger partial charge >= 0.3 is 5.97 Å². The number of rotatable bonds is 20. The maximum Gasteiger partial charge on any atom is 0.305 e. The lowest BCUT2D eigenvalue weighted by Gasteiger charge is -2.37. The summed E-state index contributed by atoms with van der Waals surface area (Å²) < 4.78 is 0. The van der Waals surface area contributed by atoms with Crippen LogP contribution >= 0.6 is 35.0 Å². The average Bonchev–Trinajstić information content (AvgIpc) is 1.19. The number of phenolic OH excluding ortho intramolecular Hbond substituents is 2. The van der Waals surface area contributed by atoms with Gasteiger partial charge in [0, 0.05) is 103 Å². The predicted octanol–water partition coefficient (Wildman–Crippen LogP) is 6.05. The Hall–Kier alpha value is -12.0. The van der Waals surface area contributed by atoms with Gasteiger partial charge in [0.05, 0.1) is 35.3 Å². The number of halogens is 2.